The van der Waals surface area contributed by atoms with Crippen LogP contribution in [-0.4, -0.2) is 33.7 Å². The van der Waals surface area contributed by atoms with Crippen LogP contribution in [0.1, 0.15) is 12.8 Å². The standard InChI is InChI=1S/C5H11NO3/c7-3-1-4(6-9)5(8)2-3/h3-9H,1-2H2. The van der Waals surface area contributed by atoms with E-state index in [-0.39, 0.29) is 6.04 Å². The first-order valence-electron chi connectivity index (χ1n) is 3.00. The first kappa shape index (κ1) is 6.95. The molecule has 0 amide bonds. The quantitative estimate of drug-likeness (QED) is 0.341. The van der Waals surface area contributed by atoms with E-state index in [9.17, 15) is 0 Å². The van der Waals surface area contributed by atoms with Crippen LogP contribution < -0.4 is 5.48 Å². The maximum absolute atomic E-state index is 8.98. The SMILES string of the molecule is ONC1CC(O)CC1O. The van der Waals surface area contributed by atoms with E-state index in [0.717, 1.165) is 0 Å². The molecule has 4 N–H and O–H groups in total. The topological polar surface area (TPSA) is 72.7 Å². The number of nitrogens with one attached hydrogen (secondary N) is 1. The van der Waals surface area contributed by atoms with Gasteiger partial charge in [0, 0.05) is 6.42 Å². The van der Waals surface area contributed by atoms with E-state index < -0.39 is 12.2 Å². The van der Waals surface area contributed by atoms with Crippen molar-refractivity contribution in [2.75, 3.05) is 0 Å². The van der Waals surface area contributed by atoms with Gasteiger partial charge in [-0.2, -0.15) is 5.48 Å². The monoisotopic (exact) mass is 133 g/mol. The van der Waals surface area contributed by atoms with Crippen LogP contribution in [0.2, 0.25) is 0 Å². The van der Waals surface area contributed by atoms with E-state index in [4.69, 9.17) is 15.4 Å². The Labute approximate surface area is 53.1 Å². The lowest BCUT2D eigenvalue weighted by atomic mass is 10.2. The summed E-state index contributed by atoms with van der Waals surface area (Å²) in [6, 6.07) is -0.347. The Kier molecular flexibility index (Phi) is 2.02. The zero-order valence-corrected chi connectivity index (χ0v) is 4.99. The molecule has 0 heterocycles. The predicted octanol–water partition coefficient (Wildman–Crippen LogP) is -1.15. The summed E-state index contributed by atoms with van der Waals surface area (Å²) in [6.45, 7) is 0. The van der Waals surface area contributed by atoms with Crippen molar-refractivity contribution in [2.45, 2.75) is 31.1 Å². The van der Waals surface area contributed by atoms with Crippen LogP contribution in [0.3, 0.4) is 0 Å². The van der Waals surface area contributed by atoms with Gasteiger partial charge >= 0.3 is 0 Å². The fraction of sp³-hybridized carbons (Fsp3) is 1.00. The van der Waals surface area contributed by atoms with Crippen molar-refractivity contribution in [3.63, 3.8) is 0 Å². The number of rotatable bonds is 1. The van der Waals surface area contributed by atoms with Crippen molar-refractivity contribution in [2.24, 2.45) is 0 Å². The number of hydrogen-bond acceptors (Lipinski definition) is 4. The largest absolute Gasteiger partial charge is 0.393 e. The molecule has 1 rings (SSSR count). The molecule has 4 heteroatoms. The molecule has 0 bridgehead atoms. The molecule has 1 saturated carbocycles. The van der Waals surface area contributed by atoms with Crippen molar-refractivity contribution < 1.29 is 15.4 Å². The van der Waals surface area contributed by atoms with Gasteiger partial charge in [-0.25, -0.2) is 0 Å². The van der Waals surface area contributed by atoms with Crippen LogP contribution in [0.5, 0.6) is 0 Å². The van der Waals surface area contributed by atoms with Crippen LogP contribution in [-0.2, 0) is 0 Å². The molecule has 4 nitrogen and oxygen atoms in total. The molecule has 1 aliphatic carbocycles. The van der Waals surface area contributed by atoms with E-state index in [1.165, 1.54) is 0 Å². The molecule has 3 atom stereocenters. The average Bonchev–Trinajstić information content (AvgIpc) is 2.10. The normalized spacial score (nSPS) is 43.7. The fourth-order valence-electron chi connectivity index (χ4n) is 1.13. The second kappa shape index (κ2) is 2.62. The maximum atomic E-state index is 8.98. The van der Waals surface area contributed by atoms with Crippen LogP contribution in [0.4, 0.5) is 0 Å². The molecular weight excluding hydrogens is 122 g/mol. The molecule has 0 aromatic heterocycles. The third-order valence-corrected chi connectivity index (χ3v) is 1.67. The minimum atomic E-state index is -0.606. The van der Waals surface area contributed by atoms with Gasteiger partial charge < -0.3 is 15.4 Å². The highest BCUT2D eigenvalue weighted by atomic mass is 16.5. The molecule has 0 aromatic carbocycles. The minimum Gasteiger partial charge on any atom is -0.393 e. The van der Waals surface area contributed by atoms with Crippen molar-refractivity contribution in [3.8, 4) is 0 Å². The molecule has 3 unspecified atom stereocenters. The molecule has 0 radical (unpaired) electrons. The van der Waals surface area contributed by atoms with Crippen molar-refractivity contribution in [3.05, 3.63) is 0 Å². The first-order chi connectivity index (χ1) is 4.24. The highest BCUT2D eigenvalue weighted by Gasteiger charge is 2.30. The van der Waals surface area contributed by atoms with Crippen molar-refractivity contribution in [1.82, 2.24) is 5.48 Å². The summed E-state index contributed by atoms with van der Waals surface area (Å²) in [5.41, 5.74) is 1.93. The van der Waals surface area contributed by atoms with Gasteiger partial charge in [-0.1, -0.05) is 0 Å². The number of hydroxylamine groups is 1. The summed E-state index contributed by atoms with van der Waals surface area (Å²) >= 11 is 0. The second-order valence-electron chi connectivity index (χ2n) is 2.43. The Hall–Kier alpha value is -0.160. The molecule has 9 heavy (non-hydrogen) atoms. The van der Waals surface area contributed by atoms with E-state index in [1.54, 1.807) is 0 Å². The van der Waals surface area contributed by atoms with Gasteiger partial charge in [-0.3, -0.25) is 0 Å². The summed E-state index contributed by atoms with van der Waals surface area (Å²) in [5.74, 6) is 0. The lowest BCUT2D eigenvalue weighted by Crippen LogP contribution is -2.32. The van der Waals surface area contributed by atoms with Gasteiger partial charge in [0.25, 0.3) is 0 Å². The summed E-state index contributed by atoms with van der Waals surface area (Å²) in [6.07, 6.45) is -0.287. The Morgan fingerprint density at radius 3 is 2.11 bits per heavy atom. The van der Waals surface area contributed by atoms with Crippen LogP contribution in [0.15, 0.2) is 0 Å². The van der Waals surface area contributed by atoms with Gasteiger partial charge in [0.2, 0.25) is 0 Å². The third kappa shape index (κ3) is 1.40. The zero-order valence-electron chi connectivity index (χ0n) is 4.99. The van der Waals surface area contributed by atoms with Gasteiger partial charge in [-0.05, 0) is 6.42 Å². The van der Waals surface area contributed by atoms with Crippen LogP contribution in [0, 0.1) is 0 Å². The highest BCUT2D eigenvalue weighted by Crippen LogP contribution is 2.18. The fourth-order valence-corrected chi connectivity index (χ4v) is 1.13. The summed E-state index contributed by atoms with van der Waals surface area (Å²) < 4.78 is 0. The molecule has 1 aliphatic rings. The summed E-state index contributed by atoms with van der Waals surface area (Å²) in [7, 11) is 0. The highest BCUT2D eigenvalue weighted by molar-refractivity contribution is 4.85. The predicted molar refractivity (Wildman–Crippen MR) is 30.0 cm³/mol. The van der Waals surface area contributed by atoms with E-state index >= 15 is 0 Å². The Morgan fingerprint density at radius 2 is 1.89 bits per heavy atom. The van der Waals surface area contributed by atoms with Crippen LogP contribution >= 0.6 is 0 Å². The Bertz CT molecular complexity index is 98.2. The zero-order chi connectivity index (χ0) is 6.85. The number of aliphatic hydroxyl groups is 2. The molecule has 0 saturated heterocycles. The number of hydrogen-bond donors (Lipinski definition) is 4. The Balaban J connectivity index is 2.38. The van der Waals surface area contributed by atoms with Crippen molar-refractivity contribution in [1.29, 1.82) is 0 Å². The summed E-state index contributed by atoms with van der Waals surface area (Å²) in [4.78, 5) is 0. The van der Waals surface area contributed by atoms with Gasteiger partial charge in [0.1, 0.15) is 0 Å². The number of aliphatic hydroxyl groups excluding tert-OH is 2. The molecular formula is C5H11NO3. The smallest absolute Gasteiger partial charge is 0.0741 e. The van der Waals surface area contributed by atoms with Crippen LogP contribution in [0.25, 0.3) is 0 Å². The molecule has 1 fully saturated rings. The van der Waals surface area contributed by atoms with Crippen molar-refractivity contribution >= 4 is 0 Å². The first-order valence-corrected chi connectivity index (χ1v) is 3.00. The lowest BCUT2D eigenvalue weighted by molar-refractivity contribution is 0.0570. The van der Waals surface area contributed by atoms with Gasteiger partial charge in [0.05, 0.1) is 18.2 Å². The molecule has 0 aromatic rings. The average molecular weight is 133 g/mol. The van der Waals surface area contributed by atoms with E-state index in [1.807, 2.05) is 5.48 Å². The molecule has 0 aliphatic heterocycles. The van der Waals surface area contributed by atoms with Gasteiger partial charge in [0.15, 0.2) is 0 Å². The third-order valence-electron chi connectivity index (χ3n) is 1.67. The lowest BCUT2D eigenvalue weighted by Gasteiger charge is -2.09. The van der Waals surface area contributed by atoms with Gasteiger partial charge in [-0.15, -0.1) is 0 Å². The van der Waals surface area contributed by atoms with E-state index in [0.29, 0.717) is 12.8 Å². The second-order valence-corrected chi connectivity index (χ2v) is 2.43. The summed E-state index contributed by atoms with van der Waals surface area (Å²) in [5, 5.41) is 26.2. The maximum Gasteiger partial charge on any atom is 0.0741 e. The minimum absolute atomic E-state index is 0.347. The molecule has 54 valence electrons. The van der Waals surface area contributed by atoms with E-state index in [2.05, 4.69) is 0 Å². The Morgan fingerprint density at radius 1 is 1.22 bits per heavy atom. The molecule has 0 spiro atoms.